The van der Waals surface area contributed by atoms with Crippen molar-refractivity contribution in [3.63, 3.8) is 0 Å². The number of nitrogens with one attached hydrogen (secondary N) is 2. The normalized spacial score (nSPS) is 27.2. The van der Waals surface area contributed by atoms with Crippen LogP contribution >= 0.6 is 0 Å². The number of hydrogen-bond donors (Lipinski definition) is 3. The van der Waals surface area contributed by atoms with Gasteiger partial charge in [0.25, 0.3) is 5.91 Å². The molecule has 1 aromatic heterocycles. The van der Waals surface area contributed by atoms with Gasteiger partial charge in [0, 0.05) is 29.5 Å². The molecule has 0 radical (unpaired) electrons. The second-order valence-electron chi connectivity index (χ2n) is 18.0. The van der Waals surface area contributed by atoms with E-state index < -0.39 is 80.2 Å². The van der Waals surface area contributed by atoms with Crippen molar-refractivity contribution in [1.82, 2.24) is 29.8 Å². The minimum absolute atomic E-state index is 0.0459. The lowest BCUT2D eigenvalue weighted by Crippen LogP contribution is -2.62. The third-order valence-electron chi connectivity index (χ3n) is 12.3. The summed E-state index contributed by atoms with van der Waals surface area (Å²) in [6, 6.07) is 10.0. The number of ether oxygens (including phenoxy) is 3. The summed E-state index contributed by atoms with van der Waals surface area (Å²) in [7, 11) is -0.832. The van der Waals surface area contributed by atoms with Crippen molar-refractivity contribution in [2.75, 3.05) is 20.8 Å². The molecule has 2 aromatic carbocycles. The van der Waals surface area contributed by atoms with Gasteiger partial charge in [0.2, 0.25) is 27.7 Å². The van der Waals surface area contributed by atoms with Crippen LogP contribution in [0, 0.1) is 17.8 Å². The van der Waals surface area contributed by atoms with E-state index in [4.69, 9.17) is 24.2 Å². The third-order valence-corrected chi connectivity index (χ3v) is 14.1. The van der Waals surface area contributed by atoms with Crippen molar-refractivity contribution in [3.05, 3.63) is 54.6 Å². The first-order valence-corrected chi connectivity index (χ1v) is 22.4. The molecule has 3 fully saturated rings. The Labute approximate surface area is 356 Å². The van der Waals surface area contributed by atoms with Gasteiger partial charge >= 0.3 is 6.09 Å². The molecule has 2 aliphatic heterocycles. The van der Waals surface area contributed by atoms with E-state index in [-0.39, 0.29) is 31.2 Å². The summed E-state index contributed by atoms with van der Waals surface area (Å²) in [5.41, 5.74) is -1.39. The fraction of sp³-hybridized carbons (Fsp3) is 0.545. The molecular formula is C44H56N6O10S. The number of fused-ring (bicyclic) bond motifs is 3. The van der Waals surface area contributed by atoms with Crippen molar-refractivity contribution in [2.24, 2.45) is 17.8 Å². The molecule has 328 valence electrons. The molecule has 0 spiro atoms. The number of methoxy groups -OCH3 is 2. The van der Waals surface area contributed by atoms with Gasteiger partial charge in [-0.1, -0.05) is 26.0 Å². The van der Waals surface area contributed by atoms with Gasteiger partial charge in [0.1, 0.15) is 35.2 Å². The first-order chi connectivity index (χ1) is 28.8. The molecule has 3 N–H and O–H groups in total. The van der Waals surface area contributed by atoms with Crippen LogP contribution in [0.4, 0.5) is 4.79 Å². The van der Waals surface area contributed by atoms with E-state index in [9.17, 15) is 27.9 Å². The second-order valence-corrected chi connectivity index (χ2v) is 19.9. The first-order valence-electron chi connectivity index (χ1n) is 20.9. The number of allylic oxidation sites excluding steroid dienone is 1. The molecule has 3 aromatic rings. The zero-order chi connectivity index (χ0) is 44.0. The Morgan fingerprint density at radius 1 is 0.984 bits per heavy atom. The standard InChI is InChI=1S/C44H56N6O10S/c1-25-10-8-9-11-28-23-44(28,41(53)48-61(56,57)32-17-18-32)47-38(51)35-22-31(24-49(35)40(52)36(26(2)20-25)50(42(54)55)43(3,4)5)60-39-33-19-16-30(59-7)21-34(33)45-37(46-39)27-12-14-29(58-6)15-13-27/h9,11-16,19,21,25-26,28,31-32,35-36H,8,10,17-18,20,22-24H2,1-7H3,(H,47,51)(H,48,53)(H,54,55)/t25-,26+,28+,31+,35-,36-,44+/m0/s1. The highest BCUT2D eigenvalue weighted by atomic mass is 32.2. The molecule has 7 rings (SSSR count). The van der Waals surface area contributed by atoms with Gasteiger partial charge in [0.05, 0.1) is 36.9 Å². The van der Waals surface area contributed by atoms with Gasteiger partial charge in [-0.05, 0) is 108 Å². The van der Waals surface area contributed by atoms with E-state index in [2.05, 4.69) is 17.0 Å². The third kappa shape index (κ3) is 9.12. The number of nitrogens with zero attached hydrogens (tertiary/aromatic N) is 4. The number of amides is 4. The summed E-state index contributed by atoms with van der Waals surface area (Å²) in [6.07, 6.45) is 4.58. The average molecular weight is 861 g/mol. The zero-order valence-electron chi connectivity index (χ0n) is 35.7. The molecule has 3 heterocycles. The molecular weight excluding hydrogens is 805 g/mol. The van der Waals surface area contributed by atoms with Crippen molar-refractivity contribution >= 4 is 44.7 Å². The molecule has 4 amide bonds. The predicted octanol–water partition coefficient (Wildman–Crippen LogP) is 5.31. The molecule has 17 heteroatoms. The predicted molar refractivity (Wildman–Crippen MR) is 226 cm³/mol. The smallest absolute Gasteiger partial charge is 0.408 e. The summed E-state index contributed by atoms with van der Waals surface area (Å²) in [5, 5.41) is 13.5. The molecule has 16 nitrogen and oxygen atoms in total. The number of aromatic nitrogens is 2. The summed E-state index contributed by atoms with van der Waals surface area (Å²) in [5.74, 6) is -1.21. The molecule has 2 saturated carbocycles. The number of carbonyl (C=O) groups is 4. The van der Waals surface area contributed by atoms with Crippen LogP contribution in [0.5, 0.6) is 17.4 Å². The van der Waals surface area contributed by atoms with Gasteiger partial charge in [0.15, 0.2) is 5.82 Å². The van der Waals surface area contributed by atoms with Crippen LogP contribution < -0.4 is 24.2 Å². The van der Waals surface area contributed by atoms with E-state index in [1.165, 1.54) is 9.80 Å². The molecule has 0 bridgehead atoms. The number of hydrogen-bond acceptors (Lipinski definition) is 11. The summed E-state index contributed by atoms with van der Waals surface area (Å²) in [4.78, 5) is 69.2. The summed E-state index contributed by atoms with van der Waals surface area (Å²) < 4.78 is 45.7. The Morgan fingerprint density at radius 2 is 1.67 bits per heavy atom. The van der Waals surface area contributed by atoms with E-state index in [1.807, 2.05) is 31.2 Å². The van der Waals surface area contributed by atoms with Gasteiger partial charge < -0.3 is 29.5 Å². The minimum Gasteiger partial charge on any atom is -0.497 e. The lowest BCUT2D eigenvalue weighted by Gasteiger charge is -2.43. The lowest BCUT2D eigenvalue weighted by atomic mass is 9.85. The highest BCUT2D eigenvalue weighted by Crippen LogP contribution is 2.46. The maximum atomic E-state index is 15.2. The Morgan fingerprint density at radius 3 is 2.31 bits per heavy atom. The maximum Gasteiger partial charge on any atom is 0.408 e. The van der Waals surface area contributed by atoms with Gasteiger partial charge in [-0.25, -0.2) is 18.2 Å². The van der Waals surface area contributed by atoms with Gasteiger partial charge in [-0.15, -0.1) is 0 Å². The molecule has 7 atom stereocenters. The first kappa shape index (κ1) is 43.6. The fourth-order valence-electron chi connectivity index (χ4n) is 8.79. The van der Waals surface area contributed by atoms with Crippen LogP contribution in [0.1, 0.15) is 79.6 Å². The van der Waals surface area contributed by atoms with Crippen molar-refractivity contribution < 1.29 is 46.9 Å². The Balaban J connectivity index is 1.29. The average Bonchev–Trinajstić information content (AvgIpc) is 4.14. The fourth-order valence-corrected chi connectivity index (χ4v) is 10.2. The van der Waals surface area contributed by atoms with Crippen LogP contribution in [0.15, 0.2) is 54.6 Å². The summed E-state index contributed by atoms with van der Waals surface area (Å²) in [6.45, 7) is 8.98. The van der Waals surface area contributed by atoms with E-state index in [1.54, 1.807) is 65.3 Å². The van der Waals surface area contributed by atoms with Crippen molar-refractivity contribution in [3.8, 4) is 28.8 Å². The number of rotatable bonds is 9. The molecule has 4 aliphatic rings. The van der Waals surface area contributed by atoms with Crippen LogP contribution in [0.3, 0.4) is 0 Å². The van der Waals surface area contributed by atoms with E-state index in [0.29, 0.717) is 59.5 Å². The minimum atomic E-state index is -3.95. The van der Waals surface area contributed by atoms with Gasteiger partial charge in [-0.2, -0.15) is 4.98 Å². The SMILES string of the molecule is COc1ccc(-c2nc(O[C@@H]3C[C@H]4C(=O)N[C@]5(C(=O)NS(=O)(=O)C6CC6)C[C@H]5C=CCC[C@H](C)C[C@@H](C)[C@H](N(C(=O)O)C(C)(C)C)C(=O)N4C3)c3ccc(OC)cc3n2)cc1. The second kappa shape index (κ2) is 16.8. The molecule has 2 aliphatic carbocycles. The van der Waals surface area contributed by atoms with Gasteiger partial charge in [-0.3, -0.25) is 24.0 Å². The quantitative estimate of drug-likeness (QED) is 0.234. The Hall–Kier alpha value is -5.45. The van der Waals surface area contributed by atoms with E-state index in [0.717, 1.165) is 6.42 Å². The van der Waals surface area contributed by atoms with E-state index >= 15 is 4.79 Å². The molecule has 1 saturated heterocycles. The highest BCUT2D eigenvalue weighted by Gasteiger charge is 2.62. The number of benzene rings is 2. The van der Waals surface area contributed by atoms with Crippen LogP contribution in [0.25, 0.3) is 22.3 Å². The molecule has 0 unspecified atom stereocenters. The van der Waals surface area contributed by atoms with Crippen LogP contribution in [-0.4, -0.2) is 112 Å². The Kier molecular flexibility index (Phi) is 12.0. The summed E-state index contributed by atoms with van der Waals surface area (Å²) >= 11 is 0. The number of sulfonamides is 1. The van der Waals surface area contributed by atoms with Crippen molar-refractivity contribution in [1.29, 1.82) is 0 Å². The molecule has 61 heavy (non-hydrogen) atoms. The number of carbonyl (C=O) groups excluding carboxylic acids is 3. The van der Waals surface area contributed by atoms with Crippen molar-refractivity contribution in [2.45, 2.75) is 114 Å². The lowest BCUT2D eigenvalue weighted by molar-refractivity contribution is -0.146. The van der Waals surface area contributed by atoms with Crippen LogP contribution in [0.2, 0.25) is 0 Å². The number of carboxylic acid groups (broad SMARTS) is 1. The monoisotopic (exact) mass is 860 g/mol. The Bertz CT molecular complexity index is 2330. The maximum absolute atomic E-state index is 15.2. The topological polar surface area (TPSA) is 207 Å². The highest BCUT2D eigenvalue weighted by molar-refractivity contribution is 7.91. The van der Waals surface area contributed by atoms with Crippen LogP contribution in [-0.2, 0) is 24.4 Å². The zero-order valence-corrected chi connectivity index (χ0v) is 36.5. The largest absolute Gasteiger partial charge is 0.497 e.